The van der Waals surface area contributed by atoms with Crippen molar-refractivity contribution in [2.24, 2.45) is 0 Å². The van der Waals surface area contributed by atoms with Gasteiger partial charge < -0.3 is 19.7 Å². The zero-order valence-electron chi connectivity index (χ0n) is 5.91. The predicted molar refractivity (Wildman–Crippen MR) is 33.4 cm³/mol. The van der Waals surface area contributed by atoms with Gasteiger partial charge in [-0.05, 0) is 6.92 Å². The molecule has 4 nitrogen and oxygen atoms in total. The summed E-state index contributed by atoms with van der Waals surface area (Å²) >= 11 is 0. The first-order valence-electron chi connectivity index (χ1n) is 3.25. The quantitative estimate of drug-likeness (QED) is 0.506. The van der Waals surface area contributed by atoms with Crippen LogP contribution in [0.5, 0.6) is 0 Å². The van der Waals surface area contributed by atoms with E-state index in [9.17, 15) is 5.11 Å². The van der Waals surface area contributed by atoms with E-state index in [2.05, 4.69) is 0 Å². The SMILES string of the molecule is CC1COC(O)(CO)CO1. The molecule has 0 radical (unpaired) electrons. The number of hydrogen-bond acceptors (Lipinski definition) is 4. The number of rotatable bonds is 1. The molecule has 0 aromatic carbocycles. The highest BCUT2D eigenvalue weighted by Crippen LogP contribution is 2.14. The van der Waals surface area contributed by atoms with Crippen LogP contribution in [0, 0.1) is 0 Å². The van der Waals surface area contributed by atoms with Gasteiger partial charge in [-0.3, -0.25) is 0 Å². The molecule has 1 aliphatic rings. The molecule has 0 bridgehead atoms. The average molecular weight is 148 g/mol. The first kappa shape index (κ1) is 7.94. The van der Waals surface area contributed by atoms with E-state index in [1.54, 1.807) is 0 Å². The van der Waals surface area contributed by atoms with Crippen LogP contribution < -0.4 is 0 Å². The maximum Gasteiger partial charge on any atom is 0.213 e. The number of aliphatic hydroxyl groups excluding tert-OH is 1. The van der Waals surface area contributed by atoms with Crippen molar-refractivity contribution in [3.05, 3.63) is 0 Å². The molecular formula is C6H12O4. The zero-order valence-corrected chi connectivity index (χ0v) is 5.91. The third-order valence-corrected chi connectivity index (χ3v) is 1.43. The van der Waals surface area contributed by atoms with Gasteiger partial charge in [0.1, 0.15) is 6.61 Å². The van der Waals surface area contributed by atoms with Gasteiger partial charge in [-0.2, -0.15) is 0 Å². The smallest absolute Gasteiger partial charge is 0.213 e. The Morgan fingerprint density at radius 2 is 2.40 bits per heavy atom. The molecule has 0 aliphatic carbocycles. The van der Waals surface area contributed by atoms with E-state index in [4.69, 9.17) is 14.6 Å². The minimum absolute atomic E-state index is 0.00632. The first-order valence-corrected chi connectivity index (χ1v) is 3.25. The van der Waals surface area contributed by atoms with Crippen LogP contribution in [0.2, 0.25) is 0 Å². The van der Waals surface area contributed by atoms with E-state index in [0.717, 1.165) is 0 Å². The summed E-state index contributed by atoms with van der Waals surface area (Å²) in [5.41, 5.74) is 0. The summed E-state index contributed by atoms with van der Waals surface area (Å²) in [6.07, 6.45) is 0.00632. The second kappa shape index (κ2) is 2.84. The van der Waals surface area contributed by atoms with Crippen LogP contribution in [-0.4, -0.2) is 41.9 Å². The normalized spacial score (nSPS) is 41.7. The molecule has 1 saturated heterocycles. The van der Waals surface area contributed by atoms with Crippen molar-refractivity contribution >= 4 is 0 Å². The number of aliphatic hydroxyl groups is 2. The Morgan fingerprint density at radius 3 is 2.80 bits per heavy atom. The Hall–Kier alpha value is -0.160. The van der Waals surface area contributed by atoms with Gasteiger partial charge in [0.25, 0.3) is 0 Å². The van der Waals surface area contributed by atoms with E-state index < -0.39 is 12.4 Å². The molecule has 1 fully saturated rings. The molecule has 1 aliphatic heterocycles. The molecule has 2 unspecified atom stereocenters. The molecule has 0 amide bonds. The van der Waals surface area contributed by atoms with Gasteiger partial charge in [0.2, 0.25) is 5.79 Å². The van der Waals surface area contributed by atoms with Crippen LogP contribution in [0.1, 0.15) is 6.92 Å². The lowest BCUT2D eigenvalue weighted by molar-refractivity contribution is -0.297. The summed E-state index contributed by atoms with van der Waals surface area (Å²) in [4.78, 5) is 0. The fourth-order valence-corrected chi connectivity index (χ4v) is 0.726. The Balaban J connectivity index is 2.38. The van der Waals surface area contributed by atoms with Gasteiger partial charge in [0.05, 0.1) is 19.3 Å². The van der Waals surface area contributed by atoms with Crippen molar-refractivity contribution in [2.75, 3.05) is 19.8 Å². The van der Waals surface area contributed by atoms with Crippen LogP contribution >= 0.6 is 0 Å². The summed E-state index contributed by atoms with van der Waals surface area (Å²) in [5, 5.41) is 17.8. The highest BCUT2D eigenvalue weighted by Gasteiger charge is 2.32. The fraction of sp³-hybridized carbons (Fsp3) is 1.00. The number of hydrogen-bond donors (Lipinski definition) is 2. The first-order chi connectivity index (χ1) is 4.66. The van der Waals surface area contributed by atoms with Gasteiger partial charge in [-0.15, -0.1) is 0 Å². The summed E-state index contributed by atoms with van der Waals surface area (Å²) in [6.45, 7) is 1.80. The van der Waals surface area contributed by atoms with Crippen LogP contribution in [-0.2, 0) is 9.47 Å². The highest BCUT2D eigenvalue weighted by molar-refractivity contribution is 4.70. The van der Waals surface area contributed by atoms with Crippen LogP contribution in [0.4, 0.5) is 0 Å². The van der Waals surface area contributed by atoms with Crippen molar-refractivity contribution in [2.45, 2.75) is 18.8 Å². The molecule has 0 aromatic rings. The van der Waals surface area contributed by atoms with Gasteiger partial charge >= 0.3 is 0 Å². The van der Waals surface area contributed by atoms with E-state index in [1.807, 2.05) is 6.92 Å². The van der Waals surface area contributed by atoms with Crippen molar-refractivity contribution in [3.8, 4) is 0 Å². The maximum atomic E-state index is 9.20. The third kappa shape index (κ3) is 1.67. The van der Waals surface area contributed by atoms with Crippen molar-refractivity contribution in [1.29, 1.82) is 0 Å². The summed E-state index contributed by atoms with van der Waals surface area (Å²) in [7, 11) is 0. The third-order valence-electron chi connectivity index (χ3n) is 1.43. The van der Waals surface area contributed by atoms with Gasteiger partial charge in [0, 0.05) is 0 Å². The minimum atomic E-state index is -1.47. The Kier molecular flexibility index (Phi) is 2.25. The van der Waals surface area contributed by atoms with Crippen molar-refractivity contribution in [3.63, 3.8) is 0 Å². The molecule has 2 atom stereocenters. The molecule has 10 heavy (non-hydrogen) atoms. The monoisotopic (exact) mass is 148 g/mol. The predicted octanol–water partition coefficient (Wildman–Crippen LogP) is -0.897. The zero-order chi connectivity index (χ0) is 7.61. The number of ether oxygens (including phenoxy) is 2. The molecular weight excluding hydrogens is 136 g/mol. The molecule has 2 N–H and O–H groups in total. The van der Waals surface area contributed by atoms with Crippen LogP contribution in [0.15, 0.2) is 0 Å². The molecule has 0 aromatic heterocycles. The van der Waals surface area contributed by atoms with Crippen molar-refractivity contribution in [1.82, 2.24) is 0 Å². The van der Waals surface area contributed by atoms with E-state index in [-0.39, 0.29) is 12.7 Å². The second-order valence-corrected chi connectivity index (χ2v) is 2.54. The lowest BCUT2D eigenvalue weighted by atomic mass is 10.3. The fourth-order valence-electron chi connectivity index (χ4n) is 0.726. The topological polar surface area (TPSA) is 58.9 Å². The van der Waals surface area contributed by atoms with Gasteiger partial charge in [-0.1, -0.05) is 0 Å². The summed E-state index contributed by atoms with van der Waals surface area (Å²) < 4.78 is 9.96. The molecule has 60 valence electrons. The lowest BCUT2D eigenvalue weighted by Crippen LogP contribution is -2.48. The molecule has 1 heterocycles. The lowest BCUT2D eigenvalue weighted by Gasteiger charge is -2.33. The largest absolute Gasteiger partial charge is 0.391 e. The molecule has 0 saturated carbocycles. The second-order valence-electron chi connectivity index (χ2n) is 2.54. The minimum Gasteiger partial charge on any atom is -0.391 e. The summed E-state index contributed by atoms with van der Waals surface area (Å²) in [6, 6.07) is 0. The highest BCUT2D eigenvalue weighted by atomic mass is 16.7. The molecule has 1 rings (SSSR count). The Morgan fingerprint density at radius 1 is 1.70 bits per heavy atom. The maximum absolute atomic E-state index is 9.20. The molecule has 0 spiro atoms. The van der Waals surface area contributed by atoms with Crippen LogP contribution in [0.3, 0.4) is 0 Å². The Bertz CT molecular complexity index is 106. The van der Waals surface area contributed by atoms with E-state index >= 15 is 0 Å². The van der Waals surface area contributed by atoms with Crippen molar-refractivity contribution < 1.29 is 19.7 Å². The van der Waals surface area contributed by atoms with E-state index in [0.29, 0.717) is 6.61 Å². The summed E-state index contributed by atoms with van der Waals surface area (Å²) in [5.74, 6) is -1.47. The van der Waals surface area contributed by atoms with E-state index in [1.165, 1.54) is 0 Å². The molecule has 4 heteroatoms. The standard InChI is InChI=1S/C6H12O4/c1-5-2-10-6(8,3-7)4-9-5/h5,7-8H,2-4H2,1H3. The van der Waals surface area contributed by atoms with Gasteiger partial charge in [0.15, 0.2) is 0 Å². The van der Waals surface area contributed by atoms with Crippen LogP contribution in [0.25, 0.3) is 0 Å². The van der Waals surface area contributed by atoms with Gasteiger partial charge in [-0.25, -0.2) is 0 Å². The average Bonchev–Trinajstić information content (AvgIpc) is 1.96. The Labute approximate surface area is 59.4 Å².